The minimum Gasteiger partial charge on any atom is -0.436 e. The number of benzene rings is 1. The summed E-state index contributed by atoms with van der Waals surface area (Å²) < 4.78 is 6.32. The molecule has 132 valence electrons. The monoisotopic (exact) mass is 379 g/mol. The number of hydrogen-bond donors (Lipinski definition) is 0. The van der Waals surface area contributed by atoms with Crippen LogP contribution in [-0.4, -0.2) is 14.5 Å². The maximum atomic E-state index is 6.38. The average molecular weight is 380 g/mol. The second-order valence-electron chi connectivity index (χ2n) is 7.67. The molecule has 5 rings (SSSR count). The molecule has 0 unspecified atom stereocenters. The Balaban J connectivity index is 1.88. The molecule has 0 fully saturated rings. The number of thioether (sulfide) groups is 2. The minimum absolute atomic E-state index is 0.0280. The van der Waals surface area contributed by atoms with Crippen LogP contribution in [0.15, 0.2) is 50.6 Å². The molecule has 2 nitrogen and oxygen atoms in total. The Bertz CT molecular complexity index is 1070. The number of allylic oxidation sites excluding steroid dienone is 4. The summed E-state index contributed by atoms with van der Waals surface area (Å²) in [6.45, 7) is 11.2. The van der Waals surface area contributed by atoms with Gasteiger partial charge in [0, 0.05) is 16.7 Å². The molecule has 0 amide bonds. The Hall–Kier alpha value is -1.65. The number of aromatic nitrogens is 1. The lowest BCUT2D eigenvalue weighted by molar-refractivity contribution is 0.526. The SMILES string of the molecule is CC1=CC2=c3nc(-c4ccc(C)cc4)oc3=C3C=C(C)S[C@@]3(C)[C@]2(C)S1. The van der Waals surface area contributed by atoms with Gasteiger partial charge in [-0.3, -0.25) is 0 Å². The quantitative estimate of drug-likeness (QED) is 0.712. The number of fused-ring (bicyclic) bond motifs is 4. The van der Waals surface area contributed by atoms with Crippen LogP contribution >= 0.6 is 23.5 Å². The fraction of sp³-hybridized carbons (Fsp3) is 0.318. The molecule has 2 atom stereocenters. The summed E-state index contributed by atoms with van der Waals surface area (Å²) in [7, 11) is 0. The summed E-state index contributed by atoms with van der Waals surface area (Å²) in [6.07, 6.45) is 4.60. The molecule has 26 heavy (non-hydrogen) atoms. The van der Waals surface area contributed by atoms with E-state index in [0.717, 1.165) is 16.3 Å². The predicted octanol–water partition coefficient (Wildman–Crippen LogP) is 4.78. The molecule has 1 aliphatic carbocycles. The van der Waals surface area contributed by atoms with Gasteiger partial charge in [-0.2, -0.15) is 0 Å². The topological polar surface area (TPSA) is 26.0 Å². The van der Waals surface area contributed by atoms with Crippen molar-refractivity contribution in [3.63, 3.8) is 0 Å². The van der Waals surface area contributed by atoms with Gasteiger partial charge in [-0.15, -0.1) is 23.5 Å². The molecule has 0 saturated carbocycles. The number of oxazole rings is 1. The number of aryl methyl sites for hydroxylation is 1. The van der Waals surface area contributed by atoms with Crippen molar-refractivity contribution in [2.24, 2.45) is 0 Å². The third kappa shape index (κ3) is 2.00. The zero-order chi connectivity index (χ0) is 18.3. The first-order valence-corrected chi connectivity index (χ1v) is 10.5. The van der Waals surface area contributed by atoms with Gasteiger partial charge in [0.25, 0.3) is 0 Å². The lowest BCUT2D eigenvalue weighted by Gasteiger charge is -2.43. The van der Waals surface area contributed by atoms with Crippen LogP contribution in [0.25, 0.3) is 22.6 Å². The van der Waals surface area contributed by atoms with Crippen molar-refractivity contribution in [3.05, 3.63) is 62.6 Å². The summed E-state index contributed by atoms with van der Waals surface area (Å²) in [6, 6.07) is 8.40. The van der Waals surface area contributed by atoms with Crippen LogP contribution in [0.4, 0.5) is 0 Å². The van der Waals surface area contributed by atoms with Crippen LogP contribution in [0.3, 0.4) is 0 Å². The Morgan fingerprint density at radius 3 is 2.08 bits per heavy atom. The highest BCUT2D eigenvalue weighted by molar-refractivity contribution is 8.09. The molecule has 3 aliphatic rings. The van der Waals surface area contributed by atoms with Crippen LogP contribution < -0.4 is 10.8 Å². The molecule has 3 heterocycles. The van der Waals surface area contributed by atoms with E-state index in [-0.39, 0.29) is 9.49 Å². The average Bonchev–Trinajstić information content (AvgIpc) is 3.22. The van der Waals surface area contributed by atoms with Gasteiger partial charge < -0.3 is 4.42 Å². The Morgan fingerprint density at radius 2 is 1.42 bits per heavy atom. The van der Waals surface area contributed by atoms with E-state index in [2.05, 4.69) is 71.0 Å². The van der Waals surface area contributed by atoms with Crippen LogP contribution in [0.2, 0.25) is 0 Å². The minimum atomic E-state index is -0.0393. The van der Waals surface area contributed by atoms with Crippen molar-refractivity contribution in [2.45, 2.75) is 44.1 Å². The number of hydrogen-bond acceptors (Lipinski definition) is 4. The standard InChI is InChI=1S/C22H21NOS2/c1-12-6-8-15(9-7-12)20-23-18-16-10-13(2)25-21(16,4)22(5)17(19(18)24-20)11-14(3)26-22/h6-11H,1-5H3/t21-,22-/m1/s1. The van der Waals surface area contributed by atoms with Gasteiger partial charge in [-0.1, -0.05) is 17.7 Å². The van der Waals surface area contributed by atoms with Gasteiger partial charge in [-0.25, -0.2) is 4.98 Å². The normalized spacial score (nSPS) is 29.3. The van der Waals surface area contributed by atoms with Crippen molar-refractivity contribution < 1.29 is 4.42 Å². The van der Waals surface area contributed by atoms with E-state index < -0.39 is 0 Å². The zero-order valence-electron chi connectivity index (χ0n) is 15.6. The first-order chi connectivity index (χ1) is 12.3. The van der Waals surface area contributed by atoms with E-state index in [1.807, 2.05) is 23.5 Å². The summed E-state index contributed by atoms with van der Waals surface area (Å²) in [4.78, 5) is 7.66. The number of nitrogens with zero attached hydrogens (tertiary/aromatic N) is 1. The lowest BCUT2D eigenvalue weighted by Crippen LogP contribution is -2.53. The van der Waals surface area contributed by atoms with Crippen LogP contribution in [-0.2, 0) is 0 Å². The van der Waals surface area contributed by atoms with E-state index in [9.17, 15) is 0 Å². The van der Waals surface area contributed by atoms with Gasteiger partial charge in [0.05, 0.1) is 9.49 Å². The Kier molecular flexibility index (Phi) is 3.31. The lowest BCUT2D eigenvalue weighted by atomic mass is 9.78. The van der Waals surface area contributed by atoms with Crippen LogP contribution in [0.1, 0.15) is 33.3 Å². The molecule has 2 aromatic rings. The van der Waals surface area contributed by atoms with Gasteiger partial charge in [-0.05, 0) is 68.7 Å². The summed E-state index contributed by atoms with van der Waals surface area (Å²) in [5.41, 5.74) is 5.81. The second kappa shape index (κ2) is 5.20. The number of rotatable bonds is 1. The predicted molar refractivity (Wildman–Crippen MR) is 112 cm³/mol. The third-order valence-electron chi connectivity index (χ3n) is 5.79. The van der Waals surface area contributed by atoms with E-state index in [0.29, 0.717) is 5.89 Å². The molecule has 0 bridgehead atoms. The molecule has 0 spiro atoms. The highest BCUT2D eigenvalue weighted by Crippen LogP contribution is 2.63. The van der Waals surface area contributed by atoms with Gasteiger partial charge in [0.1, 0.15) is 5.35 Å². The van der Waals surface area contributed by atoms with Gasteiger partial charge >= 0.3 is 0 Å². The third-order valence-corrected chi connectivity index (χ3v) is 8.87. The molecule has 4 heteroatoms. The zero-order valence-corrected chi connectivity index (χ0v) is 17.3. The van der Waals surface area contributed by atoms with E-state index in [4.69, 9.17) is 9.40 Å². The van der Waals surface area contributed by atoms with Gasteiger partial charge in [0.2, 0.25) is 5.89 Å². The van der Waals surface area contributed by atoms with Crippen molar-refractivity contribution in [2.75, 3.05) is 0 Å². The van der Waals surface area contributed by atoms with Crippen molar-refractivity contribution in [1.29, 1.82) is 0 Å². The smallest absolute Gasteiger partial charge is 0.227 e. The highest BCUT2D eigenvalue weighted by Gasteiger charge is 2.57. The highest BCUT2D eigenvalue weighted by atomic mass is 32.2. The molecule has 1 aromatic carbocycles. The van der Waals surface area contributed by atoms with E-state index >= 15 is 0 Å². The fourth-order valence-corrected chi connectivity index (χ4v) is 7.31. The van der Waals surface area contributed by atoms with Crippen LogP contribution in [0.5, 0.6) is 0 Å². The molecular weight excluding hydrogens is 358 g/mol. The summed E-state index contributed by atoms with van der Waals surface area (Å²) in [5, 5.41) is 1.02. The molecule has 2 aliphatic heterocycles. The van der Waals surface area contributed by atoms with E-state index in [1.165, 1.54) is 26.5 Å². The Morgan fingerprint density at radius 1 is 0.846 bits per heavy atom. The van der Waals surface area contributed by atoms with Crippen molar-refractivity contribution >= 4 is 34.7 Å². The van der Waals surface area contributed by atoms with Crippen molar-refractivity contribution in [1.82, 2.24) is 4.98 Å². The maximum absolute atomic E-state index is 6.38. The maximum Gasteiger partial charge on any atom is 0.227 e. The summed E-state index contributed by atoms with van der Waals surface area (Å²) >= 11 is 3.93. The van der Waals surface area contributed by atoms with E-state index in [1.54, 1.807) is 0 Å². The molecule has 0 radical (unpaired) electrons. The first kappa shape index (κ1) is 16.5. The van der Waals surface area contributed by atoms with Crippen molar-refractivity contribution in [3.8, 4) is 11.5 Å². The Labute approximate surface area is 162 Å². The second-order valence-corrected chi connectivity index (χ2v) is 11.0. The molecular formula is C22H21NOS2. The summed E-state index contributed by atoms with van der Waals surface area (Å²) in [5.74, 6) is 0.715. The molecule has 0 N–H and O–H groups in total. The molecule has 0 saturated heterocycles. The molecule has 1 aromatic heterocycles. The van der Waals surface area contributed by atoms with Crippen LogP contribution in [0, 0.1) is 6.92 Å². The first-order valence-electron chi connectivity index (χ1n) is 8.90. The largest absolute Gasteiger partial charge is 0.436 e. The van der Waals surface area contributed by atoms with Gasteiger partial charge in [0.15, 0.2) is 5.42 Å². The fourth-order valence-electron chi connectivity index (χ4n) is 4.28.